The van der Waals surface area contributed by atoms with Gasteiger partial charge in [-0.15, -0.1) is 0 Å². The zero-order valence-corrected chi connectivity index (χ0v) is 14.9. The minimum absolute atomic E-state index is 0.0207. The lowest BCUT2D eigenvalue weighted by atomic mass is 10.1. The molecule has 4 rings (SSSR count). The van der Waals surface area contributed by atoms with Crippen molar-refractivity contribution in [2.45, 2.75) is 39.2 Å². The average Bonchev–Trinajstić information content (AvgIpc) is 3.27. The zero-order chi connectivity index (χ0) is 18.3. The van der Waals surface area contributed by atoms with Gasteiger partial charge in [-0.25, -0.2) is 9.50 Å². The molecule has 7 nitrogen and oxygen atoms in total. The van der Waals surface area contributed by atoms with E-state index in [0.717, 1.165) is 24.2 Å². The first-order valence-corrected chi connectivity index (χ1v) is 8.83. The molecule has 0 spiro atoms. The van der Waals surface area contributed by atoms with Gasteiger partial charge in [0.2, 0.25) is 5.91 Å². The molecule has 4 heterocycles. The van der Waals surface area contributed by atoms with E-state index < -0.39 is 0 Å². The maximum absolute atomic E-state index is 13.0. The van der Waals surface area contributed by atoms with Gasteiger partial charge in [-0.3, -0.25) is 19.7 Å². The number of nitrogens with zero attached hydrogens (tertiary/aromatic N) is 4. The highest BCUT2D eigenvalue weighted by Crippen LogP contribution is 2.31. The fourth-order valence-corrected chi connectivity index (χ4v) is 3.68. The molecule has 1 aliphatic heterocycles. The van der Waals surface area contributed by atoms with E-state index >= 15 is 0 Å². The Hall–Kier alpha value is -2.96. The molecule has 3 aromatic heterocycles. The van der Waals surface area contributed by atoms with E-state index in [1.165, 1.54) is 4.52 Å². The summed E-state index contributed by atoms with van der Waals surface area (Å²) in [6, 6.07) is 7.60. The lowest BCUT2D eigenvalue weighted by Crippen LogP contribution is -2.34. The van der Waals surface area contributed by atoms with Crippen molar-refractivity contribution in [2.24, 2.45) is 0 Å². The molecule has 1 N–H and O–H groups in total. The van der Waals surface area contributed by atoms with Gasteiger partial charge >= 0.3 is 0 Å². The van der Waals surface area contributed by atoms with E-state index in [0.29, 0.717) is 23.4 Å². The van der Waals surface area contributed by atoms with Crippen molar-refractivity contribution < 1.29 is 4.79 Å². The topological polar surface area (TPSA) is 83.4 Å². The highest BCUT2D eigenvalue weighted by atomic mass is 16.2. The molecule has 1 unspecified atom stereocenters. The number of carbonyl (C=O) groups excluding carboxylic acids is 1. The molecule has 1 fully saturated rings. The number of nitrogens with one attached hydrogen (secondary N) is 1. The minimum atomic E-state index is -0.213. The Morgan fingerprint density at radius 3 is 2.92 bits per heavy atom. The number of H-pyrrole nitrogens is 1. The molecular weight excluding hydrogens is 330 g/mol. The first-order valence-electron chi connectivity index (χ1n) is 8.83. The molecule has 0 radical (unpaired) electrons. The third-order valence-corrected chi connectivity index (χ3v) is 5.00. The minimum Gasteiger partial charge on any atom is -0.334 e. The van der Waals surface area contributed by atoms with Crippen molar-refractivity contribution in [3.63, 3.8) is 0 Å². The van der Waals surface area contributed by atoms with Gasteiger partial charge < -0.3 is 4.90 Å². The predicted molar refractivity (Wildman–Crippen MR) is 96.9 cm³/mol. The van der Waals surface area contributed by atoms with Crippen molar-refractivity contribution in [1.82, 2.24) is 24.5 Å². The lowest BCUT2D eigenvalue weighted by molar-refractivity contribution is -0.131. The van der Waals surface area contributed by atoms with Crippen molar-refractivity contribution in [2.75, 3.05) is 6.54 Å². The maximum atomic E-state index is 13.0. The number of amides is 1. The molecule has 0 bridgehead atoms. The standard InChI is InChI=1S/C19H21N5O2/c1-12-5-3-6-15(21-12)16-7-4-10-23(16)18(25)11-14-13(2)22-17-8-9-20-24(17)19(14)26/h3,5-6,8-9,16,20H,4,7,10-11H2,1-2H3. The van der Waals surface area contributed by atoms with Gasteiger partial charge in [-0.1, -0.05) is 6.07 Å². The first kappa shape index (κ1) is 16.5. The number of aromatic nitrogens is 4. The average molecular weight is 351 g/mol. The van der Waals surface area contributed by atoms with E-state index in [9.17, 15) is 9.59 Å². The molecule has 7 heteroatoms. The van der Waals surface area contributed by atoms with Gasteiger partial charge in [0.1, 0.15) is 0 Å². The number of carbonyl (C=O) groups is 1. The molecule has 26 heavy (non-hydrogen) atoms. The van der Waals surface area contributed by atoms with Gasteiger partial charge in [0, 0.05) is 35.8 Å². The van der Waals surface area contributed by atoms with Crippen LogP contribution in [0.15, 0.2) is 35.3 Å². The van der Waals surface area contributed by atoms with Gasteiger partial charge in [-0.2, -0.15) is 0 Å². The largest absolute Gasteiger partial charge is 0.334 e. The number of fused-ring (bicyclic) bond motifs is 1. The smallest absolute Gasteiger partial charge is 0.276 e. The van der Waals surface area contributed by atoms with Crippen molar-refractivity contribution in [1.29, 1.82) is 0 Å². The second-order valence-electron chi connectivity index (χ2n) is 6.76. The Kier molecular flexibility index (Phi) is 4.06. The summed E-state index contributed by atoms with van der Waals surface area (Å²) >= 11 is 0. The molecule has 3 aromatic rings. The molecule has 1 aliphatic rings. The van der Waals surface area contributed by atoms with Crippen molar-refractivity contribution in [3.8, 4) is 0 Å². The van der Waals surface area contributed by atoms with Gasteiger partial charge in [0.05, 0.1) is 18.2 Å². The van der Waals surface area contributed by atoms with Gasteiger partial charge in [0.25, 0.3) is 5.56 Å². The fraction of sp³-hybridized carbons (Fsp3) is 0.368. The fourth-order valence-electron chi connectivity index (χ4n) is 3.68. The van der Waals surface area contributed by atoms with Crippen LogP contribution in [0.3, 0.4) is 0 Å². The number of pyridine rings is 1. The Morgan fingerprint density at radius 2 is 2.12 bits per heavy atom. The summed E-state index contributed by atoms with van der Waals surface area (Å²) in [4.78, 5) is 36.5. The van der Waals surface area contributed by atoms with Crippen molar-refractivity contribution >= 4 is 11.6 Å². The molecule has 1 saturated heterocycles. The van der Waals surface area contributed by atoms with E-state index in [1.807, 2.05) is 30.0 Å². The Balaban J connectivity index is 1.63. The highest BCUT2D eigenvalue weighted by molar-refractivity contribution is 5.79. The monoisotopic (exact) mass is 351 g/mol. The van der Waals surface area contributed by atoms with Crippen LogP contribution in [-0.2, 0) is 11.2 Å². The summed E-state index contributed by atoms with van der Waals surface area (Å²) in [7, 11) is 0. The lowest BCUT2D eigenvalue weighted by Gasteiger charge is -2.24. The number of likely N-dealkylation sites (tertiary alicyclic amines) is 1. The predicted octanol–water partition coefficient (Wildman–Crippen LogP) is 1.94. The SMILES string of the molecule is Cc1cccc(C2CCCN2C(=O)Cc2c(C)nc3cc[nH]n3c2=O)n1. The van der Waals surface area contributed by atoms with Crippen LogP contribution >= 0.6 is 0 Å². The van der Waals surface area contributed by atoms with Crippen LogP contribution in [0.2, 0.25) is 0 Å². The third-order valence-electron chi connectivity index (χ3n) is 5.00. The molecule has 0 aliphatic carbocycles. The van der Waals surface area contributed by atoms with Crippen molar-refractivity contribution in [3.05, 3.63) is 63.5 Å². The second-order valence-corrected chi connectivity index (χ2v) is 6.76. The van der Waals surface area contributed by atoms with Crippen LogP contribution < -0.4 is 5.56 Å². The molecule has 1 atom stereocenters. The number of aromatic amines is 1. The second kappa shape index (κ2) is 6.40. The number of rotatable bonds is 3. The first-order chi connectivity index (χ1) is 12.5. The summed E-state index contributed by atoms with van der Waals surface area (Å²) in [6.45, 7) is 4.42. The third kappa shape index (κ3) is 2.79. The molecule has 0 aromatic carbocycles. The van der Waals surface area contributed by atoms with E-state index in [4.69, 9.17) is 0 Å². The molecule has 1 amide bonds. The number of aryl methyl sites for hydroxylation is 2. The van der Waals surface area contributed by atoms with E-state index in [-0.39, 0.29) is 23.9 Å². The quantitative estimate of drug-likeness (QED) is 0.782. The van der Waals surface area contributed by atoms with Crippen LogP contribution in [0.1, 0.15) is 41.5 Å². The van der Waals surface area contributed by atoms with Crippen LogP contribution in [0.4, 0.5) is 0 Å². The van der Waals surface area contributed by atoms with E-state index in [2.05, 4.69) is 15.1 Å². The summed E-state index contributed by atoms with van der Waals surface area (Å²) in [5, 5.41) is 2.85. The summed E-state index contributed by atoms with van der Waals surface area (Å²) in [5.41, 5.74) is 3.26. The van der Waals surface area contributed by atoms with Gasteiger partial charge in [-0.05, 0) is 38.8 Å². The molecule has 134 valence electrons. The number of hydrogen-bond acceptors (Lipinski definition) is 4. The number of hydrogen-bond donors (Lipinski definition) is 1. The Labute approximate surface area is 150 Å². The zero-order valence-electron chi connectivity index (χ0n) is 14.9. The summed E-state index contributed by atoms with van der Waals surface area (Å²) in [5.74, 6) is -0.0516. The van der Waals surface area contributed by atoms with Crippen LogP contribution in [0.25, 0.3) is 5.65 Å². The normalized spacial score (nSPS) is 17.2. The molecular formula is C19H21N5O2. The van der Waals surface area contributed by atoms with Crippen LogP contribution in [-0.4, -0.2) is 36.9 Å². The Morgan fingerprint density at radius 1 is 1.27 bits per heavy atom. The van der Waals surface area contributed by atoms with Crippen LogP contribution in [0, 0.1) is 13.8 Å². The maximum Gasteiger partial charge on any atom is 0.276 e. The summed E-state index contributed by atoms with van der Waals surface area (Å²) in [6.07, 6.45) is 3.56. The molecule has 0 saturated carbocycles. The Bertz CT molecular complexity index is 1040. The highest BCUT2D eigenvalue weighted by Gasteiger charge is 2.31. The van der Waals surface area contributed by atoms with Crippen LogP contribution in [0.5, 0.6) is 0 Å². The van der Waals surface area contributed by atoms with Gasteiger partial charge in [0.15, 0.2) is 5.65 Å². The summed E-state index contributed by atoms with van der Waals surface area (Å²) < 4.78 is 1.37. The van der Waals surface area contributed by atoms with E-state index in [1.54, 1.807) is 19.2 Å².